The molecule has 1 saturated carbocycles. The predicted octanol–water partition coefficient (Wildman–Crippen LogP) is 5.00. The lowest BCUT2D eigenvalue weighted by Crippen LogP contribution is -2.21. The van der Waals surface area contributed by atoms with Gasteiger partial charge < -0.3 is 5.32 Å². The second-order valence-corrected chi connectivity index (χ2v) is 6.53. The first-order chi connectivity index (χ1) is 8.72. The zero-order chi connectivity index (χ0) is 12.5. The van der Waals surface area contributed by atoms with Crippen LogP contribution < -0.4 is 5.32 Å². The van der Waals surface area contributed by atoms with Crippen LogP contribution in [0.3, 0.4) is 0 Å². The molecule has 0 aliphatic heterocycles. The van der Waals surface area contributed by atoms with E-state index in [2.05, 4.69) is 12.2 Å². The van der Waals surface area contributed by atoms with Crippen LogP contribution in [0.1, 0.15) is 37.7 Å². The number of hydrogen-bond donors (Lipinski definition) is 1. The molecule has 4 heteroatoms. The van der Waals surface area contributed by atoms with Crippen LogP contribution in [0.25, 0.3) is 10.2 Å². The summed E-state index contributed by atoms with van der Waals surface area (Å²) in [6.07, 6.45) is 6.61. The molecule has 3 rings (SSSR count). The highest BCUT2D eigenvalue weighted by Crippen LogP contribution is 2.32. The summed E-state index contributed by atoms with van der Waals surface area (Å²) in [5.74, 6) is 0. The molecule has 2 aromatic rings. The summed E-state index contributed by atoms with van der Waals surface area (Å²) in [6.45, 7) is 2.07. The van der Waals surface area contributed by atoms with Gasteiger partial charge in [0.2, 0.25) is 0 Å². The van der Waals surface area contributed by atoms with Gasteiger partial charge in [-0.3, -0.25) is 0 Å². The Hall–Kier alpha value is -0.800. The zero-order valence-corrected chi connectivity index (χ0v) is 12.1. The summed E-state index contributed by atoms with van der Waals surface area (Å²) in [5, 5.41) is 5.42. The standard InChI is InChI=1S/C14H17ClN2S/c1-9-7-10(15)8-12-13(9)17-14(18-12)16-11-5-3-2-4-6-11/h7-8,11H,2-6H2,1H3,(H,16,17). The van der Waals surface area contributed by atoms with Crippen LogP contribution in [0.15, 0.2) is 12.1 Å². The highest BCUT2D eigenvalue weighted by molar-refractivity contribution is 7.22. The predicted molar refractivity (Wildman–Crippen MR) is 79.9 cm³/mol. The molecule has 0 spiro atoms. The molecule has 0 saturated heterocycles. The van der Waals surface area contributed by atoms with Crippen LogP contribution in [0.5, 0.6) is 0 Å². The number of nitrogens with one attached hydrogen (secondary N) is 1. The number of fused-ring (bicyclic) bond motifs is 1. The Balaban J connectivity index is 1.86. The summed E-state index contributed by atoms with van der Waals surface area (Å²) < 4.78 is 1.18. The van der Waals surface area contributed by atoms with Gasteiger partial charge in [-0.15, -0.1) is 0 Å². The Labute approximate surface area is 116 Å². The summed E-state index contributed by atoms with van der Waals surface area (Å²) in [5.41, 5.74) is 2.24. The molecule has 0 bridgehead atoms. The maximum absolute atomic E-state index is 6.08. The Morgan fingerprint density at radius 3 is 2.83 bits per heavy atom. The van der Waals surface area contributed by atoms with Gasteiger partial charge in [0.15, 0.2) is 5.13 Å². The number of aromatic nitrogens is 1. The number of thiazole rings is 1. The lowest BCUT2D eigenvalue weighted by Gasteiger charge is -2.22. The molecule has 0 unspecified atom stereocenters. The van der Waals surface area contributed by atoms with Crippen molar-refractivity contribution in [2.24, 2.45) is 0 Å². The fourth-order valence-corrected chi connectivity index (χ4v) is 4.04. The zero-order valence-electron chi connectivity index (χ0n) is 10.5. The lowest BCUT2D eigenvalue weighted by molar-refractivity contribution is 0.462. The smallest absolute Gasteiger partial charge is 0.184 e. The van der Waals surface area contributed by atoms with E-state index in [4.69, 9.17) is 16.6 Å². The average Bonchev–Trinajstić information content (AvgIpc) is 2.73. The van der Waals surface area contributed by atoms with Gasteiger partial charge in [0, 0.05) is 11.1 Å². The van der Waals surface area contributed by atoms with Gasteiger partial charge in [0.05, 0.1) is 10.2 Å². The number of hydrogen-bond acceptors (Lipinski definition) is 3. The number of nitrogens with zero attached hydrogens (tertiary/aromatic N) is 1. The molecule has 96 valence electrons. The Morgan fingerprint density at radius 1 is 1.28 bits per heavy atom. The Morgan fingerprint density at radius 2 is 2.06 bits per heavy atom. The normalized spacial score (nSPS) is 17.2. The van der Waals surface area contributed by atoms with Gasteiger partial charge in [-0.2, -0.15) is 0 Å². The molecule has 1 aliphatic rings. The quantitative estimate of drug-likeness (QED) is 0.837. The molecule has 0 atom stereocenters. The Bertz CT molecular complexity index is 558. The lowest BCUT2D eigenvalue weighted by atomic mass is 9.96. The van der Waals surface area contributed by atoms with E-state index in [1.807, 2.05) is 12.1 Å². The van der Waals surface area contributed by atoms with Crippen molar-refractivity contribution in [3.8, 4) is 0 Å². The molecule has 1 fully saturated rings. The molecule has 1 heterocycles. The fourth-order valence-electron chi connectivity index (χ4n) is 2.64. The molecule has 1 aromatic heterocycles. The SMILES string of the molecule is Cc1cc(Cl)cc2sc(NC3CCCCC3)nc12. The van der Waals surface area contributed by atoms with Gasteiger partial charge in [-0.05, 0) is 37.5 Å². The van der Waals surface area contributed by atoms with Crippen LogP contribution in [0, 0.1) is 6.92 Å². The van der Waals surface area contributed by atoms with Crippen molar-refractivity contribution in [3.05, 3.63) is 22.7 Å². The van der Waals surface area contributed by atoms with Gasteiger partial charge in [0.25, 0.3) is 0 Å². The largest absolute Gasteiger partial charge is 0.359 e. The second-order valence-electron chi connectivity index (χ2n) is 5.07. The van der Waals surface area contributed by atoms with E-state index in [0.29, 0.717) is 6.04 Å². The van der Waals surface area contributed by atoms with Crippen molar-refractivity contribution in [1.29, 1.82) is 0 Å². The highest BCUT2D eigenvalue weighted by atomic mass is 35.5. The maximum Gasteiger partial charge on any atom is 0.184 e. The van der Waals surface area contributed by atoms with Crippen molar-refractivity contribution in [2.75, 3.05) is 5.32 Å². The molecular formula is C14H17ClN2S. The number of anilines is 1. The first kappa shape index (κ1) is 12.2. The van der Waals surface area contributed by atoms with Crippen molar-refractivity contribution in [3.63, 3.8) is 0 Å². The van der Waals surface area contributed by atoms with Crippen molar-refractivity contribution >= 4 is 38.3 Å². The summed E-state index contributed by atoms with van der Waals surface area (Å²) >= 11 is 7.80. The summed E-state index contributed by atoms with van der Waals surface area (Å²) in [4.78, 5) is 4.70. The van der Waals surface area contributed by atoms with E-state index in [1.54, 1.807) is 11.3 Å². The second kappa shape index (κ2) is 5.06. The third-order valence-electron chi connectivity index (χ3n) is 3.58. The third kappa shape index (κ3) is 2.47. The van der Waals surface area contributed by atoms with E-state index in [0.717, 1.165) is 21.2 Å². The van der Waals surface area contributed by atoms with Gasteiger partial charge in [-0.1, -0.05) is 42.2 Å². The van der Waals surface area contributed by atoms with Crippen molar-refractivity contribution < 1.29 is 0 Å². The highest BCUT2D eigenvalue weighted by Gasteiger charge is 2.15. The average molecular weight is 281 g/mol. The topological polar surface area (TPSA) is 24.9 Å². The van der Waals surface area contributed by atoms with Gasteiger partial charge in [-0.25, -0.2) is 4.98 Å². The number of rotatable bonds is 2. The third-order valence-corrected chi connectivity index (χ3v) is 4.73. The molecule has 0 radical (unpaired) electrons. The van der Waals surface area contributed by atoms with Crippen molar-refractivity contribution in [1.82, 2.24) is 4.98 Å². The summed E-state index contributed by atoms with van der Waals surface area (Å²) in [6, 6.07) is 4.59. The van der Waals surface area contributed by atoms with Crippen molar-refractivity contribution in [2.45, 2.75) is 45.1 Å². The fraction of sp³-hybridized carbons (Fsp3) is 0.500. The molecule has 0 amide bonds. The van der Waals surface area contributed by atoms with Crippen LogP contribution in [-0.4, -0.2) is 11.0 Å². The van der Waals surface area contributed by atoms with Crippen LogP contribution in [0.2, 0.25) is 5.02 Å². The monoisotopic (exact) mass is 280 g/mol. The molecule has 1 aromatic carbocycles. The van der Waals surface area contributed by atoms with Crippen LogP contribution >= 0.6 is 22.9 Å². The van der Waals surface area contributed by atoms with E-state index in [1.165, 1.54) is 36.8 Å². The number of benzene rings is 1. The minimum atomic E-state index is 0.607. The number of halogens is 1. The van der Waals surface area contributed by atoms with Crippen LogP contribution in [-0.2, 0) is 0 Å². The molecule has 1 aliphatic carbocycles. The molecular weight excluding hydrogens is 264 g/mol. The minimum Gasteiger partial charge on any atom is -0.359 e. The minimum absolute atomic E-state index is 0.607. The van der Waals surface area contributed by atoms with Gasteiger partial charge in [0.1, 0.15) is 0 Å². The molecule has 2 nitrogen and oxygen atoms in total. The number of aryl methyl sites for hydroxylation is 1. The molecule has 1 N–H and O–H groups in total. The van der Waals surface area contributed by atoms with Gasteiger partial charge >= 0.3 is 0 Å². The summed E-state index contributed by atoms with van der Waals surface area (Å²) in [7, 11) is 0. The maximum atomic E-state index is 6.08. The Kier molecular flexibility index (Phi) is 3.44. The molecule has 18 heavy (non-hydrogen) atoms. The van der Waals surface area contributed by atoms with E-state index in [9.17, 15) is 0 Å². The van der Waals surface area contributed by atoms with E-state index >= 15 is 0 Å². The van der Waals surface area contributed by atoms with E-state index < -0.39 is 0 Å². The van der Waals surface area contributed by atoms with E-state index in [-0.39, 0.29) is 0 Å². The first-order valence-corrected chi connectivity index (χ1v) is 7.75. The van der Waals surface area contributed by atoms with Crippen LogP contribution in [0.4, 0.5) is 5.13 Å². The first-order valence-electron chi connectivity index (χ1n) is 6.55.